The number of nitrogens with zero attached hydrogens (tertiary/aromatic N) is 5. The van der Waals surface area contributed by atoms with Crippen LogP contribution in [-0.4, -0.2) is 103 Å². The highest BCUT2D eigenvalue weighted by Gasteiger charge is 2.64. The number of aryl methyl sites for hydroxylation is 1. The summed E-state index contributed by atoms with van der Waals surface area (Å²) in [6, 6.07) is 20.0. The molecule has 1 unspecified atom stereocenters. The van der Waals surface area contributed by atoms with E-state index in [0.29, 0.717) is 28.2 Å². The first-order valence-electron chi connectivity index (χ1n) is 20.8. The summed E-state index contributed by atoms with van der Waals surface area (Å²) in [4.78, 5) is 72.3. The number of fused-ring (bicyclic) bond motifs is 1. The second-order valence-corrected chi connectivity index (χ2v) is 18.1. The van der Waals surface area contributed by atoms with Gasteiger partial charge in [0, 0.05) is 86.0 Å². The van der Waals surface area contributed by atoms with Gasteiger partial charge in [0.2, 0.25) is 11.8 Å². The number of hydrogen-bond donors (Lipinski definition) is 2. The van der Waals surface area contributed by atoms with Gasteiger partial charge in [0.15, 0.2) is 0 Å². The van der Waals surface area contributed by atoms with Crippen LogP contribution in [0.2, 0.25) is 0 Å². The number of nitrogens with one attached hydrogen (secondary N) is 2. The Balaban J connectivity index is 0.789. The van der Waals surface area contributed by atoms with Crippen molar-refractivity contribution in [2.75, 3.05) is 55.6 Å². The minimum absolute atomic E-state index is 0.0923. The van der Waals surface area contributed by atoms with E-state index in [9.17, 15) is 29.2 Å². The molecule has 8 rings (SSSR count). The van der Waals surface area contributed by atoms with Crippen molar-refractivity contribution in [3.8, 4) is 11.8 Å². The predicted molar refractivity (Wildman–Crippen MR) is 222 cm³/mol. The summed E-state index contributed by atoms with van der Waals surface area (Å²) < 4.78 is 6.47. The Morgan fingerprint density at radius 2 is 1.46 bits per heavy atom. The van der Waals surface area contributed by atoms with Crippen LogP contribution in [0, 0.1) is 35.0 Å². The van der Waals surface area contributed by atoms with Gasteiger partial charge in [-0.1, -0.05) is 27.7 Å². The largest absolute Gasteiger partial charge is 0.489 e. The molecule has 13 heteroatoms. The molecule has 4 heterocycles. The number of amides is 5. The molecule has 0 bridgehead atoms. The predicted octanol–water partition coefficient (Wildman–Crippen LogP) is 4.92. The average Bonchev–Trinajstić information content (AvgIpc) is 3.47. The van der Waals surface area contributed by atoms with Crippen LogP contribution in [0.25, 0.3) is 0 Å². The maximum atomic E-state index is 13.5. The van der Waals surface area contributed by atoms with Crippen LogP contribution in [0.3, 0.4) is 0 Å². The van der Waals surface area contributed by atoms with Gasteiger partial charge in [-0.3, -0.25) is 39.1 Å². The number of rotatable bonds is 9. The van der Waals surface area contributed by atoms with E-state index in [1.165, 1.54) is 0 Å². The molecule has 0 aromatic heterocycles. The van der Waals surface area contributed by atoms with Crippen molar-refractivity contribution in [2.24, 2.45) is 16.7 Å². The lowest BCUT2D eigenvalue weighted by Gasteiger charge is -2.63. The van der Waals surface area contributed by atoms with Crippen molar-refractivity contribution in [1.82, 2.24) is 20.4 Å². The van der Waals surface area contributed by atoms with E-state index in [1.807, 2.05) is 37.3 Å². The van der Waals surface area contributed by atoms with Gasteiger partial charge in [-0.05, 0) is 98.3 Å². The van der Waals surface area contributed by atoms with Gasteiger partial charge >= 0.3 is 0 Å². The lowest BCUT2D eigenvalue weighted by molar-refractivity contribution is -0.164. The zero-order chi connectivity index (χ0) is 41.8. The fourth-order valence-electron chi connectivity index (χ4n) is 10.4. The molecule has 13 nitrogen and oxygen atoms in total. The molecule has 3 aromatic carbocycles. The number of anilines is 2. The van der Waals surface area contributed by atoms with Crippen LogP contribution in [-0.2, 0) is 9.59 Å². The van der Waals surface area contributed by atoms with Gasteiger partial charge in [0.25, 0.3) is 17.7 Å². The summed E-state index contributed by atoms with van der Waals surface area (Å²) in [6.07, 6.45) is 2.28. The first-order chi connectivity index (χ1) is 28.1. The summed E-state index contributed by atoms with van der Waals surface area (Å²) >= 11 is 0. The Morgan fingerprint density at radius 1 is 0.814 bits per heavy atom. The van der Waals surface area contributed by atoms with Crippen molar-refractivity contribution in [2.45, 2.75) is 78.5 Å². The van der Waals surface area contributed by atoms with Crippen LogP contribution in [0.5, 0.6) is 5.75 Å². The van der Waals surface area contributed by atoms with Crippen LogP contribution >= 0.6 is 0 Å². The van der Waals surface area contributed by atoms with Gasteiger partial charge in [-0.15, -0.1) is 0 Å². The molecule has 1 atom stereocenters. The molecule has 5 aliphatic rings. The van der Waals surface area contributed by atoms with E-state index in [2.05, 4.69) is 71.2 Å². The molecular weight excluding hydrogens is 747 g/mol. The topological polar surface area (TPSA) is 155 Å². The highest BCUT2D eigenvalue weighted by atomic mass is 16.5. The van der Waals surface area contributed by atoms with Crippen LogP contribution in [0.1, 0.15) is 95.6 Å². The molecule has 1 saturated carbocycles. The maximum absolute atomic E-state index is 13.5. The van der Waals surface area contributed by atoms with E-state index in [1.54, 1.807) is 18.2 Å². The number of ether oxygens (including phenoxy) is 1. The second kappa shape index (κ2) is 15.5. The second-order valence-electron chi connectivity index (χ2n) is 18.1. The fraction of sp³-hybridized carbons (Fsp3) is 0.478. The van der Waals surface area contributed by atoms with E-state index in [4.69, 9.17) is 4.74 Å². The number of piperazine rings is 1. The lowest BCUT2D eigenvalue weighted by atomic mass is 9.49. The van der Waals surface area contributed by atoms with Crippen molar-refractivity contribution >= 4 is 40.9 Å². The third-order valence-corrected chi connectivity index (χ3v) is 13.5. The minimum Gasteiger partial charge on any atom is -0.489 e. The molecule has 0 radical (unpaired) electrons. The van der Waals surface area contributed by atoms with E-state index in [0.717, 1.165) is 86.2 Å². The summed E-state index contributed by atoms with van der Waals surface area (Å²) in [5, 5.41) is 14.9. The van der Waals surface area contributed by atoms with Gasteiger partial charge < -0.3 is 19.9 Å². The third-order valence-electron chi connectivity index (χ3n) is 13.5. The van der Waals surface area contributed by atoms with Crippen molar-refractivity contribution in [3.05, 3.63) is 88.5 Å². The van der Waals surface area contributed by atoms with Crippen molar-refractivity contribution < 1.29 is 28.7 Å². The Bertz CT molecular complexity index is 2210. The van der Waals surface area contributed by atoms with Crippen molar-refractivity contribution in [1.29, 1.82) is 5.26 Å². The van der Waals surface area contributed by atoms with Crippen molar-refractivity contribution in [3.63, 3.8) is 0 Å². The molecule has 3 saturated heterocycles. The first-order valence-corrected chi connectivity index (χ1v) is 20.8. The molecule has 308 valence electrons. The highest BCUT2D eigenvalue weighted by molar-refractivity contribution is 6.23. The number of piperidine rings is 2. The summed E-state index contributed by atoms with van der Waals surface area (Å²) in [5.41, 5.74) is 4.14. The van der Waals surface area contributed by atoms with E-state index >= 15 is 0 Å². The number of carbonyl (C=O) groups excluding carboxylic acids is 5. The monoisotopic (exact) mass is 799 g/mol. The third kappa shape index (κ3) is 7.43. The molecule has 0 spiro atoms. The fourth-order valence-corrected chi connectivity index (χ4v) is 10.4. The van der Waals surface area contributed by atoms with Gasteiger partial charge in [0.1, 0.15) is 17.9 Å². The molecule has 3 aromatic rings. The minimum atomic E-state index is -0.972. The number of nitriles is 1. The molecule has 4 aliphatic heterocycles. The molecule has 5 amide bonds. The number of imide groups is 2. The van der Waals surface area contributed by atoms with Gasteiger partial charge in [-0.25, -0.2) is 0 Å². The van der Waals surface area contributed by atoms with E-state index in [-0.39, 0.29) is 41.7 Å². The SMILES string of the molecule is Cc1cc(OC2C(C)(C)C(NC(=O)c3ccc(N4CCC(CN5CCN(c6ccc7c(c6)C(=O)N(C6CCC(=O)NC6=O)C7=O)CC5)CC4)cc3)C2(C)C)ccc1C#N. The Morgan fingerprint density at radius 3 is 2.10 bits per heavy atom. The Labute approximate surface area is 345 Å². The van der Waals surface area contributed by atoms with Gasteiger partial charge in [0.05, 0.1) is 22.8 Å². The van der Waals surface area contributed by atoms with Crippen LogP contribution in [0.4, 0.5) is 11.4 Å². The first kappa shape index (κ1) is 40.1. The Hall–Kier alpha value is -5.74. The average molecular weight is 800 g/mol. The van der Waals surface area contributed by atoms with Gasteiger partial charge in [-0.2, -0.15) is 5.26 Å². The quantitative estimate of drug-likeness (QED) is 0.285. The number of benzene rings is 3. The zero-order valence-corrected chi connectivity index (χ0v) is 34.5. The smallest absolute Gasteiger partial charge is 0.262 e. The standard InChI is InChI=1S/C46H53N7O6/c1-28-24-34(12-8-31(28)26-47)59-44-45(2,3)43(46(44,4)5)49-39(55)30-6-9-32(10-7-30)51-18-16-29(17-19-51)27-50-20-22-52(23-21-50)33-11-13-35-36(25-33)42(58)53(41(35)57)37-14-15-38(54)48-40(37)56/h6-13,24-25,29,37,43-44H,14-23,27H2,1-5H3,(H,49,55)(H,48,54,56). The molecular formula is C46H53N7O6. The maximum Gasteiger partial charge on any atom is 0.262 e. The van der Waals surface area contributed by atoms with Crippen LogP contribution < -0.4 is 25.2 Å². The summed E-state index contributed by atoms with van der Waals surface area (Å²) in [6.45, 7) is 16.8. The molecule has 1 aliphatic carbocycles. The summed E-state index contributed by atoms with van der Waals surface area (Å²) in [7, 11) is 0. The summed E-state index contributed by atoms with van der Waals surface area (Å²) in [5.74, 6) is -0.742. The molecule has 59 heavy (non-hydrogen) atoms. The lowest BCUT2D eigenvalue weighted by Crippen LogP contribution is -2.74. The number of carbonyl (C=O) groups is 5. The molecule has 4 fully saturated rings. The highest BCUT2D eigenvalue weighted by Crippen LogP contribution is 2.55. The normalized spacial score (nSPS) is 24.3. The molecule has 2 N–H and O–H groups in total. The zero-order valence-electron chi connectivity index (χ0n) is 34.5. The number of hydrogen-bond acceptors (Lipinski definition) is 10. The Kier molecular flexibility index (Phi) is 10.5. The van der Waals surface area contributed by atoms with E-state index < -0.39 is 29.7 Å². The van der Waals surface area contributed by atoms with Crippen LogP contribution in [0.15, 0.2) is 60.7 Å².